The van der Waals surface area contributed by atoms with E-state index < -0.39 is 10.0 Å². The molecule has 0 saturated carbocycles. The van der Waals surface area contributed by atoms with Crippen LogP contribution in [0.2, 0.25) is 0 Å². The number of Topliss-reactive ketones (excluding diaryl/α,β-unsaturated/α-hetero) is 1. The lowest BCUT2D eigenvalue weighted by molar-refractivity contribution is 0.0903. The molecular formula is C24H29N3O3S. The molecule has 1 fully saturated rings. The minimum absolute atomic E-state index is 0.0226. The first kappa shape index (κ1) is 21.7. The molecule has 6 nitrogen and oxygen atoms in total. The lowest BCUT2D eigenvalue weighted by atomic mass is 9.87. The number of ketones is 1. The van der Waals surface area contributed by atoms with Crippen molar-refractivity contribution in [1.82, 2.24) is 14.2 Å². The summed E-state index contributed by atoms with van der Waals surface area (Å²) in [4.78, 5) is 18.3. The zero-order valence-corrected chi connectivity index (χ0v) is 19.1. The van der Waals surface area contributed by atoms with Gasteiger partial charge in [0.2, 0.25) is 10.0 Å². The van der Waals surface area contributed by atoms with Crippen molar-refractivity contribution in [1.29, 1.82) is 0 Å². The second kappa shape index (κ2) is 8.22. The van der Waals surface area contributed by atoms with Gasteiger partial charge in [-0.15, -0.1) is 0 Å². The maximum absolute atomic E-state index is 13.0. The van der Waals surface area contributed by atoms with Gasteiger partial charge in [0.25, 0.3) is 0 Å². The van der Waals surface area contributed by atoms with E-state index in [-0.39, 0.29) is 17.7 Å². The zero-order valence-electron chi connectivity index (χ0n) is 18.3. The number of rotatable bonds is 5. The molecule has 1 aromatic heterocycles. The van der Waals surface area contributed by atoms with E-state index >= 15 is 0 Å². The maximum atomic E-state index is 13.0. The second-order valence-electron chi connectivity index (χ2n) is 9.13. The zero-order chi connectivity index (χ0) is 22.2. The molecule has 1 aliphatic rings. The van der Waals surface area contributed by atoms with Crippen molar-refractivity contribution in [2.24, 2.45) is 0 Å². The summed E-state index contributed by atoms with van der Waals surface area (Å²) >= 11 is 0. The first-order valence-electron chi connectivity index (χ1n) is 10.6. The molecule has 164 valence electrons. The number of nitrogens with one attached hydrogen (secondary N) is 1. The molecular weight excluding hydrogens is 410 g/mol. The van der Waals surface area contributed by atoms with Crippen LogP contribution in [0.5, 0.6) is 0 Å². The Bertz CT molecular complexity index is 1180. The van der Waals surface area contributed by atoms with Gasteiger partial charge in [0.15, 0.2) is 5.78 Å². The maximum Gasteiger partial charge on any atom is 0.243 e. The van der Waals surface area contributed by atoms with E-state index in [9.17, 15) is 13.2 Å². The van der Waals surface area contributed by atoms with E-state index in [1.807, 2.05) is 41.3 Å². The number of H-pyrrole nitrogens is 1. The predicted molar refractivity (Wildman–Crippen MR) is 123 cm³/mol. The van der Waals surface area contributed by atoms with Gasteiger partial charge in [-0.25, -0.2) is 8.42 Å². The summed E-state index contributed by atoms with van der Waals surface area (Å²) in [7, 11) is -3.53. The predicted octanol–water partition coefficient (Wildman–Crippen LogP) is 3.65. The summed E-state index contributed by atoms with van der Waals surface area (Å²) in [5.41, 5.74) is 2.71. The molecule has 0 radical (unpaired) electrons. The van der Waals surface area contributed by atoms with Gasteiger partial charge in [0.05, 0.1) is 11.4 Å². The smallest absolute Gasteiger partial charge is 0.243 e. The first-order chi connectivity index (χ1) is 14.7. The average molecular weight is 440 g/mol. The van der Waals surface area contributed by atoms with Crippen LogP contribution in [0.15, 0.2) is 59.6 Å². The van der Waals surface area contributed by atoms with Crippen molar-refractivity contribution in [3.8, 4) is 0 Å². The molecule has 1 aliphatic heterocycles. The van der Waals surface area contributed by atoms with Gasteiger partial charge in [-0.2, -0.15) is 4.31 Å². The number of aromatic amines is 1. The van der Waals surface area contributed by atoms with Crippen LogP contribution in [0.1, 0.15) is 36.7 Å². The highest BCUT2D eigenvalue weighted by molar-refractivity contribution is 7.89. The Morgan fingerprint density at radius 1 is 0.968 bits per heavy atom. The largest absolute Gasteiger partial charge is 0.360 e. The first-order valence-corrected chi connectivity index (χ1v) is 12.0. The summed E-state index contributed by atoms with van der Waals surface area (Å²) in [6.07, 6.45) is 1.76. The van der Waals surface area contributed by atoms with Crippen LogP contribution in [0.25, 0.3) is 10.9 Å². The third-order valence-corrected chi connectivity index (χ3v) is 7.86. The van der Waals surface area contributed by atoms with Gasteiger partial charge in [0, 0.05) is 48.8 Å². The monoisotopic (exact) mass is 439 g/mol. The summed E-state index contributed by atoms with van der Waals surface area (Å²) in [5, 5.41) is 0.924. The van der Waals surface area contributed by atoms with E-state index in [0.717, 1.165) is 16.5 Å². The van der Waals surface area contributed by atoms with E-state index in [2.05, 4.69) is 25.8 Å². The number of hydrogen-bond donors (Lipinski definition) is 1. The minimum Gasteiger partial charge on any atom is -0.360 e. The van der Waals surface area contributed by atoms with Crippen molar-refractivity contribution in [2.45, 2.75) is 31.1 Å². The molecule has 2 heterocycles. The van der Waals surface area contributed by atoms with Gasteiger partial charge in [-0.1, -0.05) is 51.1 Å². The molecule has 31 heavy (non-hydrogen) atoms. The molecule has 4 rings (SSSR count). The Labute approximate surface area is 183 Å². The van der Waals surface area contributed by atoms with Crippen molar-refractivity contribution in [3.63, 3.8) is 0 Å². The number of fused-ring (bicyclic) bond motifs is 1. The minimum atomic E-state index is -3.53. The number of hydrogen-bond acceptors (Lipinski definition) is 4. The molecule has 1 saturated heterocycles. The highest BCUT2D eigenvalue weighted by Gasteiger charge is 2.29. The fourth-order valence-corrected chi connectivity index (χ4v) is 5.42. The van der Waals surface area contributed by atoms with Crippen LogP contribution >= 0.6 is 0 Å². The van der Waals surface area contributed by atoms with E-state index in [1.165, 1.54) is 4.31 Å². The Morgan fingerprint density at radius 3 is 2.26 bits per heavy atom. The lowest BCUT2D eigenvalue weighted by Crippen LogP contribution is -2.49. The lowest BCUT2D eigenvalue weighted by Gasteiger charge is -2.33. The number of para-hydroxylation sites is 1. The summed E-state index contributed by atoms with van der Waals surface area (Å²) in [6, 6.07) is 14.9. The van der Waals surface area contributed by atoms with E-state index in [4.69, 9.17) is 0 Å². The van der Waals surface area contributed by atoms with Gasteiger partial charge in [-0.05, 0) is 29.2 Å². The number of sulfonamides is 1. The number of benzene rings is 2. The van der Waals surface area contributed by atoms with Crippen molar-refractivity contribution >= 4 is 26.7 Å². The van der Waals surface area contributed by atoms with E-state index in [0.29, 0.717) is 36.6 Å². The number of carbonyl (C=O) groups excluding carboxylic acids is 1. The molecule has 0 atom stereocenters. The van der Waals surface area contributed by atoms with Crippen LogP contribution in [0.4, 0.5) is 0 Å². The average Bonchev–Trinajstić information content (AvgIpc) is 3.18. The van der Waals surface area contributed by atoms with Crippen LogP contribution in [-0.2, 0) is 15.4 Å². The fourth-order valence-electron chi connectivity index (χ4n) is 3.99. The van der Waals surface area contributed by atoms with Gasteiger partial charge in [0.1, 0.15) is 0 Å². The Morgan fingerprint density at radius 2 is 1.61 bits per heavy atom. The third-order valence-electron chi connectivity index (χ3n) is 5.95. The SMILES string of the molecule is CC(C)(C)c1ccc(S(=O)(=O)N2CCN(CC(=O)c3c[nH]c4ccccc34)CC2)cc1. The Balaban J connectivity index is 1.39. The molecule has 0 spiro atoms. The van der Waals surface area contributed by atoms with Crippen molar-refractivity contribution in [3.05, 3.63) is 65.9 Å². The van der Waals surface area contributed by atoms with Gasteiger partial charge in [-0.3, -0.25) is 9.69 Å². The molecule has 1 N–H and O–H groups in total. The van der Waals surface area contributed by atoms with Crippen LogP contribution in [-0.4, -0.2) is 61.1 Å². The quantitative estimate of drug-likeness (QED) is 0.616. The van der Waals surface area contributed by atoms with Crippen molar-refractivity contribution in [2.75, 3.05) is 32.7 Å². The van der Waals surface area contributed by atoms with Gasteiger partial charge < -0.3 is 4.98 Å². The van der Waals surface area contributed by atoms with Gasteiger partial charge >= 0.3 is 0 Å². The third kappa shape index (κ3) is 4.44. The topological polar surface area (TPSA) is 73.5 Å². The van der Waals surface area contributed by atoms with Crippen LogP contribution in [0.3, 0.4) is 0 Å². The Kier molecular flexibility index (Phi) is 5.77. The molecule has 2 aromatic carbocycles. The molecule has 7 heteroatoms. The standard InChI is InChI=1S/C24H29N3O3S/c1-24(2,3)18-8-10-19(11-9-18)31(29,30)27-14-12-26(13-15-27)17-23(28)21-16-25-22-7-5-4-6-20(21)22/h4-11,16,25H,12-15,17H2,1-3H3. The molecule has 0 aliphatic carbocycles. The summed E-state index contributed by atoms with van der Waals surface area (Å²) < 4.78 is 27.6. The van der Waals surface area contributed by atoms with Crippen molar-refractivity contribution < 1.29 is 13.2 Å². The van der Waals surface area contributed by atoms with Crippen LogP contribution < -0.4 is 0 Å². The second-order valence-corrected chi connectivity index (χ2v) is 11.1. The molecule has 0 bridgehead atoms. The van der Waals surface area contributed by atoms with Crippen LogP contribution in [0, 0.1) is 0 Å². The van der Waals surface area contributed by atoms with E-state index in [1.54, 1.807) is 18.3 Å². The highest BCUT2D eigenvalue weighted by atomic mass is 32.2. The number of aromatic nitrogens is 1. The number of piperazine rings is 1. The highest BCUT2D eigenvalue weighted by Crippen LogP contribution is 2.25. The molecule has 0 amide bonds. The number of carbonyl (C=O) groups is 1. The summed E-state index contributed by atoms with van der Waals surface area (Å²) in [6.45, 7) is 8.43. The number of nitrogens with zero attached hydrogens (tertiary/aromatic N) is 2. The summed E-state index contributed by atoms with van der Waals surface area (Å²) in [5.74, 6) is 0.0477. The molecule has 0 unspecified atom stereocenters. The molecule has 3 aromatic rings. The fraction of sp³-hybridized carbons (Fsp3) is 0.375. The Hall–Kier alpha value is -2.48. The normalized spacial score (nSPS) is 16.6.